The maximum Gasteiger partial charge on any atom is 0.0766 e. The molecule has 0 aliphatic rings. The third kappa shape index (κ3) is 6.19. The molecule has 2 N–H and O–H groups in total. The number of ether oxygens (including phenoxy) is 2. The van der Waals surface area contributed by atoms with Crippen LogP contribution in [0.4, 0.5) is 0 Å². The van der Waals surface area contributed by atoms with E-state index in [0.29, 0.717) is 19.1 Å². The molecule has 0 spiro atoms. The second-order valence-corrected chi connectivity index (χ2v) is 5.22. The Hall–Kier alpha value is -0.900. The second-order valence-electron chi connectivity index (χ2n) is 5.22. The molecular weight excluding hydrogens is 238 g/mol. The predicted octanol–water partition coefficient (Wildman–Crippen LogP) is 3.15. The fourth-order valence-corrected chi connectivity index (χ4v) is 1.94. The molecule has 0 amide bonds. The molecule has 3 nitrogen and oxygen atoms in total. The van der Waals surface area contributed by atoms with Gasteiger partial charge in [0.2, 0.25) is 0 Å². The van der Waals surface area contributed by atoms with Gasteiger partial charge in [0.15, 0.2) is 0 Å². The minimum absolute atomic E-state index is 0.0463. The molecule has 0 bridgehead atoms. The first-order valence-corrected chi connectivity index (χ1v) is 7.15. The van der Waals surface area contributed by atoms with E-state index in [-0.39, 0.29) is 12.1 Å². The highest BCUT2D eigenvalue weighted by Gasteiger charge is 2.17. The van der Waals surface area contributed by atoms with E-state index >= 15 is 0 Å². The SMILES string of the molecule is CCC(OCCOCC(C)C)C(N)c1ccccc1. The molecule has 2 unspecified atom stereocenters. The molecule has 0 saturated heterocycles. The molecule has 0 aliphatic carbocycles. The number of hydrogen-bond acceptors (Lipinski definition) is 3. The van der Waals surface area contributed by atoms with Crippen LogP contribution >= 0.6 is 0 Å². The number of hydrogen-bond donors (Lipinski definition) is 1. The first kappa shape index (κ1) is 16.2. The largest absolute Gasteiger partial charge is 0.379 e. The van der Waals surface area contributed by atoms with Gasteiger partial charge in [0.25, 0.3) is 0 Å². The van der Waals surface area contributed by atoms with Crippen molar-refractivity contribution in [2.75, 3.05) is 19.8 Å². The highest BCUT2D eigenvalue weighted by molar-refractivity contribution is 5.19. The Morgan fingerprint density at radius 2 is 1.79 bits per heavy atom. The van der Waals surface area contributed by atoms with Gasteiger partial charge in [-0.25, -0.2) is 0 Å². The van der Waals surface area contributed by atoms with Crippen LogP contribution in [0.2, 0.25) is 0 Å². The zero-order valence-corrected chi connectivity index (χ0v) is 12.3. The summed E-state index contributed by atoms with van der Waals surface area (Å²) in [6, 6.07) is 10.0. The van der Waals surface area contributed by atoms with E-state index in [0.717, 1.165) is 18.6 Å². The number of nitrogens with two attached hydrogens (primary N) is 1. The summed E-state index contributed by atoms with van der Waals surface area (Å²) in [6.45, 7) is 8.40. The molecule has 0 aromatic heterocycles. The summed E-state index contributed by atoms with van der Waals surface area (Å²) in [4.78, 5) is 0. The van der Waals surface area contributed by atoms with Gasteiger partial charge in [-0.3, -0.25) is 0 Å². The van der Waals surface area contributed by atoms with Gasteiger partial charge in [-0.1, -0.05) is 51.1 Å². The average molecular weight is 265 g/mol. The van der Waals surface area contributed by atoms with Crippen molar-refractivity contribution in [1.29, 1.82) is 0 Å². The van der Waals surface area contributed by atoms with Gasteiger partial charge in [0.05, 0.1) is 25.4 Å². The van der Waals surface area contributed by atoms with Crippen molar-refractivity contribution < 1.29 is 9.47 Å². The second kappa shape index (κ2) is 9.08. The van der Waals surface area contributed by atoms with E-state index < -0.39 is 0 Å². The summed E-state index contributed by atoms with van der Waals surface area (Å²) < 4.78 is 11.3. The first-order valence-electron chi connectivity index (χ1n) is 7.15. The topological polar surface area (TPSA) is 44.5 Å². The Kier molecular flexibility index (Phi) is 7.72. The van der Waals surface area contributed by atoms with Gasteiger partial charge in [-0.05, 0) is 17.9 Å². The maximum atomic E-state index is 6.25. The quantitative estimate of drug-likeness (QED) is 0.698. The van der Waals surface area contributed by atoms with E-state index in [1.54, 1.807) is 0 Å². The van der Waals surface area contributed by atoms with E-state index in [1.807, 2.05) is 30.3 Å². The fraction of sp³-hybridized carbons (Fsp3) is 0.625. The van der Waals surface area contributed by atoms with E-state index in [4.69, 9.17) is 15.2 Å². The van der Waals surface area contributed by atoms with Crippen LogP contribution in [0.15, 0.2) is 30.3 Å². The van der Waals surface area contributed by atoms with Crippen LogP contribution in [0.1, 0.15) is 38.8 Å². The maximum absolute atomic E-state index is 6.25. The molecular formula is C16H27NO2. The Bertz CT molecular complexity index is 327. The van der Waals surface area contributed by atoms with Gasteiger partial charge >= 0.3 is 0 Å². The summed E-state index contributed by atoms with van der Waals surface area (Å²) in [6.07, 6.45) is 0.949. The lowest BCUT2D eigenvalue weighted by atomic mass is 10.0. The lowest BCUT2D eigenvalue weighted by Gasteiger charge is -2.23. The monoisotopic (exact) mass is 265 g/mol. The minimum atomic E-state index is -0.0729. The van der Waals surface area contributed by atoms with Gasteiger partial charge < -0.3 is 15.2 Å². The summed E-state index contributed by atoms with van der Waals surface area (Å²) in [5.74, 6) is 0.563. The van der Waals surface area contributed by atoms with E-state index in [9.17, 15) is 0 Å². The molecule has 0 saturated carbocycles. The van der Waals surface area contributed by atoms with Crippen LogP contribution in [-0.2, 0) is 9.47 Å². The van der Waals surface area contributed by atoms with Crippen LogP contribution < -0.4 is 5.73 Å². The Balaban J connectivity index is 2.33. The Morgan fingerprint density at radius 1 is 1.11 bits per heavy atom. The molecule has 1 aromatic rings. The normalized spacial score (nSPS) is 14.6. The first-order chi connectivity index (χ1) is 9.15. The highest BCUT2D eigenvalue weighted by atomic mass is 16.5. The van der Waals surface area contributed by atoms with E-state index in [1.165, 1.54) is 0 Å². The van der Waals surface area contributed by atoms with Gasteiger partial charge in [-0.15, -0.1) is 0 Å². The highest BCUT2D eigenvalue weighted by Crippen LogP contribution is 2.18. The van der Waals surface area contributed by atoms with Crippen LogP contribution in [0.25, 0.3) is 0 Å². The molecule has 3 heteroatoms. The predicted molar refractivity (Wildman–Crippen MR) is 79.1 cm³/mol. The van der Waals surface area contributed by atoms with E-state index in [2.05, 4.69) is 20.8 Å². The summed E-state index contributed by atoms with van der Waals surface area (Å²) in [5.41, 5.74) is 7.37. The molecule has 0 aliphatic heterocycles. The number of rotatable bonds is 9. The van der Waals surface area contributed by atoms with Crippen molar-refractivity contribution in [2.24, 2.45) is 11.7 Å². The molecule has 1 rings (SSSR count). The van der Waals surface area contributed by atoms with Crippen molar-refractivity contribution in [1.82, 2.24) is 0 Å². The van der Waals surface area contributed by atoms with Crippen molar-refractivity contribution >= 4 is 0 Å². The third-order valence-corrected chi connectivity index (χ3v) is 3.00. The number of benzene rings is 1. The zero-order chi connectivity index (χ0) is 14.1. The standard InChI is InChI=1S/C16H27NO2/c1-4-15(19-11-10-18-12-13(2)3)16(17)14-8-6-5-7-9-14/h5-9,13,15-16H,4,10-12,17H2,1-3H3. The Labute approximate surface area is 117 Å². The minimum Gasteiger partial charge on any atom is -0.379 e. The van der Waals surface area contributed by atoms with Crippen LogP contribution in [0, 0.1) is 5.92 Å². The molecule has 2 atom stereocenters. The van der Waals surface area contributed by atoms with Crippen LogP contribution in [0.5, 0.6) is 0 Å². The van der Waals surface area contributed by atoms with Gasteiger partial charge in [0, 0.05) is 6.61 Å². The van der Waals surface area contributed by atoms with Crippen LogP contribution in [0.3, 0.4) is 0 Å². The van der Waals surface area contributed by atoms with Gasteiger partial charge in [0.1, 0.15) is 0 Å². The lowest BCUT2D eigenvalue weighted by Crippen LogP contribution is -2.29. The van der Waals surface area contributed by atoms with Crippen LogP contribution in [-0.4, -0.2) is 25.9 Å². The molecule has 19 heavy (non-hydrogen) atoms. The zero-order valence-electron chi connectivity index (χ0n) is 12.3. The van der Waals surface area contributed by atoms with Crippen molar-refractivity contribution in [3.63, 3.8) is 0 Å². The third-order valence-electron chi connectivity index (χ3n) is 3.00. The van der Waals surface area contributed by atoms with Crippen molar-refractivity contribution in [3.8, 4) is 0 Å². The fourth-order valence-electron chi connectivity index (χ4n) is 1.94. The van der Waals surface area contributed by atoms with Crippen molar-refractivity contribution in [3.05, 3.63) is 35.9 Å². The lowest BCUT2D eigenvalue weighted by molar-refractivity contribution is -0.0123. The van der Waals surface area contributed by atoms with Gasteiger partial charge in [-0.2, -0.15) is 0 Å². The molecule has 1 aromatic carbocycles. The average Bonchev–Trinajstić information content (AvgIpc) is 2.43. The smallest absolute Gasteiger partial charge is 0.0766 e. The Morgan fingerprint density at radius 3 is 2.37 bits per heavy atom. The molecule has 108 valence electrons. The molecule has 0 fully saturated rings. The summed E-state index contributed by atoms with van der Waals surface area (Å²) >= 11 is 0. The summed E-state index contributed by atoms with van der Waals surface area (Å²) in [7, 11) is 0. The molecule has 0 radical (unpaired) electrons. The van der Waals surface area contributed by atoms with Crippen molar-refractivity contribution in [2.45, 2.75) is 39.3 Å². The molecule has 0 heterocycles. The summed E-state index contributed by atoms with van der Waals surface area (Å²) in [5, 5.41) is 0.